The highest BCUT2D eigenvalue weighted by atomic mass is 35.5. The number of carbonyl (C=O) groups excluding carboxylic acids is 1. The summed E-state index contributed by atoms with van der Waals surface area (Å²) in [6.45, 7) is 4.37. The van der Waals surface area contributed by atoms with Crippen LogP contribution in [0.15, 0.2) is 54.6 Å². The summed E-state index contributed by atoms with van der Waals surface area (Å²) in [5, 5.41) is 7.63. The van der Waals surface area contributed by atoms with Gasteiger partial charge >= 0.3 is 0 Å². The molecule has 3 atom stereocenters. The average Bonchev–Trinajstić information content (AvgIpc) is 3.27. The van der Waals surface area contributed by atoms with Gasteiger partial charge in [0.25, 0.3) is 0 Å². The van der Waals surface area contributed by atoms with Gasteiger partial charge < -0.3 is 15.5 Å². The summed E-state index contributed by atoms with van der Waals surface area (Å²) >= 11 is 6.04. The molecule has 0 spiro atoms. The van der Waals surface area contributed by atoms with Crippen LogP contribution in [0.5, 0.6) is 0 Å². The lowest BCUT2D eigenvalue weighted by molar-refractivity contribution is -0.147. The Balaban J connectivity index is 0.00000128. The highest BCUT2D eigenvalue weighted by Gasteiger charge is 2.53. The van der Waals surface area contributed by atoms with Gasteiger partial charge in [-0.05, 0) is 35.6 Å². The number of hydrogen-bond acceptors (Lipinski definition) is 3. The molecular formula is C23H28Cl3N3O. The fourth-order valence-electron chi connectivity index (χ4n) is 5.28. The molecule has 3 aliphatic heterocycles. The van der Waals surface area contributed by atoms with Crippen LogP contribution in [0.3, 0.4) is 0 Å². The number of halogens is 3. The average molecular weight is 469 g/mol. The van der Waals surface area contributed by atoms with E-state index in [-0.39, 0.29) is 36.3 Å². The first kappa shape index (κ1) is 23.4. The van der Waals surface area contributed by atoms with Gasteiger partial charge in [0.1, 0.15) is 0 Å². The molecule has 0 aromatic heterocycles. The maximum absolute atomic E-state index is 13.9. The van der Waals surface area contributed by atoms with Crippen molar-refractivity contribution in [2.45, 2.75) is 12.5 Å². The Kier molecular flexibility index (Phi) is 7.36. The van der Waals surface area contributed by atoms with Crippen LogP contribution in [0.2, 0.25) is 5.02 Å². The van der Waals surface area contributed by atoms with Crippen LogP contribution in [0.25, 0.3) is 0 Å². The number of hydrogen-bond donors (Lipinski definition) is 2. The molecule has 0 radical (unpaired) electrons. The second-order valence-electron chi connectivity index (χ2n) is 8.58. The van der Waals surface area contributed by atoms with Crippen LogP contribution in [-0.4, -0.2) is 43.5 Å². The van der Waals surface area contributed by atoms with Crippen molar-refractivity contribution in [3.05, 3.63) is 70.7 Å². The molecule has 3 saturated heterocycles. The second kappa shape index (κ2) is 9.46. The Morgan fingerprint density at radius 3 is 2.33 bits per heavy atom. The molecule has 5 rings (SSSR count). The lowest BCUT2D eigenvalue weighted by Crippen LogP contribution is -2.63. The first-order valence-corrected chi connectivity index (χ1v) is 10.6. The van der Waals surface area contributed by atoms with E-state index in [2.05, 4.69) is 39.8 Å². The number of fused-ring (bicyclic) bond motifs is 1. The Hall–Kier alpha value is -1.30. The third-order valence-electron chi connectivity index (χ3n) is 6.80. The maximum atomic E-state index is 13.9. The Morgan fingerprint density at radius 1 is 1.00 bits per heavy atom. The summed E-state index contributed by atoms with van der Waals surface area (Å²) in [4.78, 5) is 16.1. The van der Waals surface area contributed by atoms with E-state index in [1.807, 2.05) is 30.3 Å². The topological polar surface area (TPSA) is 44.4 Å². The van der Waals surface area contributed by atoms with Gasteiger partial charge in [0, 0.05) is 43.7 Å². The highest BCUT2D eigenvalue weighted by molar-refractivity contribution is 6.30. The van der Waals surface area contributed by atoms with Crippen molar-refractivity contribution in [1.29, 1.82) is 0 Å². The number of likely N-dealkylation sites (tertiary alicyclic amines) is 1. The van der Waals surface area contributed by atoms with Gasteiger partial charge in [-0.3, -0.25) is 4.79 Å². The third kappa shape index (κ3) is 4.09. The van der Waals surface area contributed by atoms with Crippen molar-refractivity contribution in [2.24, 2.45) is 17.3 Å². The number of nitrogens with zero attached hydrogens (tertiary/aromatic N) is 1. The molecule has 30 heavy (non-hydrogen) atoms. The van der Waals surface area contributed by atoms with Gasteiger partial charge in [-0.2, -0.15) is 0 Å². The van der Waals surface area contributed by atoms with E-state index in [1.165, 1.54) is 11.1 Å². The molecule has 2 aromatic carbocycles. The van der Waals surface area contributed by atoms with Crippen LogP contribution in [-0.2, 0) is 11.2 Å². The molecule has 0 unspecified atom stereocenters. The summed E-state index contributed by atoms with van der Waals surface area (Å²) in [7, 11) is 0. The van der Waals surface area contributed by atoms with Crippen molar-refractivity contribution in [3.8, 4) is 0 Å². The Morgan fingerprint density at radius 2 is 1.70 bits per heavy atom. The summed E-state index contributed by atoms with van der Waals surface area (Å²) in [5.41, 5.74) is 2.10. The fraction of sp³-hybridized carbons (Fsp3) is 0.435. The molecule has 3 fully saturated rings. The van der Waals surface area contributed by atoms with Crippen molar-refractivity contribution < 1.29 is 4.79 Å². The third-order valence-corrected chi connectivity index (χ3v) is 7.05. The minimum Gasteiger partial charge on any atom is -0.334 e. The van der Waals surface area contributed by atoms with Gasteiger partial charge in [0.05, 0.1) is 11.5 Å². The summed E-state index contributed by atoms with van der Waals surface area (Å²) in [6.07, 6.45) is 0.765. The maximum Gasteiger partial charge on any atom is 0.232 e. The lowest BCUT2D eigenvalue weighted by Gasteiger charge is -2.45. The second-order valence-corrected chi connectivity index (χ2v) is 9.02. The normalized spacial score (nSPS) is 26.2. The number of benzene rings is 2. The monoisotopic (exact) mass is 467 g/mol. The number of nitrogens with one attached hydrogen (secondary N) is 2. The predicted octanol–water partition coefficient (Wildman–Crippen LogP) is 3.73. The molecule has 0 aliphatic carbocycles. The van der Waals surface area contributed by atoms with Crippen LogP contribution in [0.1, 0.15) is 17.2 Å². The molecular weight excluding hydrogens is 441 g/mol. The highest BCUT2D eigenvalue weighted by Crippen LogP contribution is 2.45. The van der Waals surface area contributed by atoms with Crippen molar-refractivity contribution >= 4 is 42.3 Å². The minimum atomic E-state index is -0.340. The minimum absolute atomic E-state index is 0. The van der Waals surface area contributed by atoms with Gasteiger partial charge in [0.15, 0.2) is 0 Å². The lowest BCUT2D eigenvalue weighted by atomic mass is 9.74. The molecule has 3 heterocycles. The molecule has 0 saturated carbocycles. The van der Waals surface area contributed by atoms with Crippen LogP contribution in [0, 0.1) is 17.3 Å². The van der Waals surface area contributed by atoms with E-state index >= 15 is 0 Å². The number of carbonyl (C=O) groups is 1. The molecule has 4 nitrogen and oxygen atoms in total. The van der Waals surface area contributed by atoms with Crippen molar-refractivity contribution in [2.75, 3.05) is 32.7 Å². The SMILES string of the molecule is Cl.Cl.O=C(N1C[C@@H]2CNC[C@@H]2[C@H]1c1ccccc1)C1(Cc2ccc(Cl)cc2)CNC1. The largest absolute Gasteiger partial charge is 0.334 e. The van der Waals surface area contributed by atoms with Gasteiger partial charge in [0.2, 0.25) is 5.91 Å². The van der Waals surface area contributed by atoms with E-state index in [1.54, 1.807) is 0 Å². The van der Waals surface area contributed by atoms with E-state index in [0.717, 1.165) is 44.2 Å². The van der Waals surface area contributed by atoms with Crippen molar-refractivity contribution in [1.82, 2.24) is 15.5 Å². The molecule has 0 bridgehead atoms. The number of rotatable bonds is 4. The quantitative estimate of drug-likeness (QED) is 0.718. The van der Waals surface area contributed by atoms with Crippen LogP contribution < -0.4 is 10.6 Å². The first-order chi connectivity index (χ1) is 13.7. The van der Waals surface area contributed by atoms with E-state index in [9.17, 15) is 4.79 Å². The zero-order valence-corrected chi connectivity index (χ0v) is 19.1. The predicted molar refractivity (Wildman–Crippen MR) is 126 cm³/mol. The summed E-state index contributed by atoms with van der Waals surface area (Å²) in [6, 6.07) is 18.7. The Labute approximate surface area is 195 Å². The fourth-order valence-corrected chi connectivity index (χ4v) is 5.41. The smallest absolute Gasteiger partial charge is 0.232 e. The Bertz CT molecular complexity index is 858. The van der Waals surface area contributed by atoms with E-state index < -0.39 is 0 Å². The first-order valence-electron chi connectivity index (χ1n) is 10.2. The van der Waals surface area contributed by atoms with Gasteiger partial charge in [-0.1, -0.05) is 54.1 Å². The zero-order chi connectivity index (χ0) is 19.1. The summed E-state index contributed by atoms with van der Waals surface area (Å²) < 4.78 is 0. The van der Waals surface area contributed by atoms with E-state index in [0.29, 0.717) is 17.7 Å². The molecule has 162 valence electrons. The standard InChI is InChI=1S/C23H26ClN3O.2ClH/c24-19-8-6-16(7-9-19)10-23(14-26-15-23)22(28)27-13-18-11-25-12-20(18)21(27)17-4-2-1-3-5-17;;/h1-9,18,20-21,25-26H,10-15H2;2*1H/t18-,20-,21+;;/m0../s1. The molecule has 7 heteroatoms. The molecule has 2 aromatic rings. The van der Waals surface area contributed by atoms with Crippen molar-refractivity contribution in [3.63, 3.8) is 0 Å². The van der Waals surface area contributed by atoms with E-state index in [4.69, 9.17) is 11.6 Å². The molecule has 2 N–H and O–H groups in total. The number of amides is 1. The zero-order valence-electron chi connectivity index (χ0n) is 16.7. The van der Waals surface area contributed by atoms with Gasteiger partial charge in [-0.15, -0.1) is 24.8 Å². The molecule has 3 aliphatic rings. The van der Waals surface area contributed by atoms with Crippen LogP contribution >= 0.6 is 36.4 Å². The molecule has 1 amide bonds. The van der Waals surface area contributed by atoms with Crippen LogP contribution in [0.4, 0.5) is 0 Å². The summed E-state index contributed by atoms with van der Waals surface area (Å²) in [5.74, 6) is 1.37. The van der Waals surface area contributed by atoms with Gasteiger partial charge in [-0.25, -0.2) is 0 Å².